The first-order chi connectivity index (χ1) is 12.3. The topological polar surface area (TPSA) is 70.8 Å². The van der Waals surface area contributed by atoms with Crippen LogP contribution in [-0.2, 0) is 16.6 Å². The van der Waals surface area contributed by atoms with Gasteiger partial charge < -0.3 is 9.32 Å². The van der Waals surface area contributed by atoms with E-state index in [2.05, 4.69) is 15.9 Å². The summed E-state index contributed by atoms with van der Waals surface area (Å²) in [5.74, 6) is 1.18. The highest BCUT2D eigenvalue weighted by Crippen LogP contribution is 2.26. The van der Waals surface area contributed by atoms with Crippen LogP contribution in [0.15, 0.2) is 44.1 Å². The molecule has 1 aromatic heterocycles. The number of hydrogen-bond acceptors (Lipinski definition) is 4. The van der Waals surface area contributed by atoms with Crippen LogP contribution in [0, 0.1) is 6.92 Å². The Kier molecular flexibility index (Phi) is 5.55. The molecule has 6 nitrogen and oxygen atoms in total. The number of hydrogen-bond donors (Lipinski definition) is 0. The third-order valence-electron chi connectivity index (χ3n) is 4.41. The van der Waals surface area contributed by atoms with Gasteiger partial charge >= 0.3 is 0 Å². The normalized spacial score (nSPS) is 15.3. The molecule has 1 amide bonds. The summed E-state index contributed by atoms with van der Waals surface area (Å²) in [4.78, 5) is 14.5. The van der Waals surface area contributed by atoms with E-state index in [1.54, 1.807) is 13.1 Å². The van der Waals surface area contributed by atoms with Crippen molar-refractivity contribution in [1.82, 2.24) is 9.21 Å². The Hall–Kier alpha value is -1.64. The lowest BCUT2D eigenvalue weighted by molar-refractivity contribution is 0.0774. The van der Waals surface area contributed by atoms with Crippen molar-refractivity contribution in [3.05, 3.63) is 51.9 Å². The molecule has 1 saturated heterocycles. The van der Waals surface area contributed by atoms with Crippen LogP contribution in [0.5, 0.6) is 0 Å². The Morgan fingerprint density at radius 1 is 1.23 bits per heavy atom. The third-order valence-corrected chi connectivity index (χ3v) is 6.99. The first-order valence-corrected chi connectivity index (χ1v) is 10.6. The molecule has 1 fully saturated rings. The number of benzene rings is 1. The molecule has 1 aliphatic rings. The molecule has 2 heterocycles. The molecule has 1 aromatic carbocycles. The van der Waals surface area contributed by atoms with Gasteiger partial charge in [0.25, 0.3) is 5.91 Å². The lowest BCUT2D eigenvalue weighted by Gasteiger charge is -2.19. The Morgan fingerprint density at radius 2 is 1.92 bits per heavy atom. The highest BCUT2D eigenvalue weighted by Gasteiger charge is 2.28. The monoisotopic (exact) mass is 440 g/mol. The van der Waals surface area contributed by atoms with Crippen molar-refractivity contribution >= 4 is 31.9 Å². The standard InChI is InChI=1S/C18H21BrN2O4S/c1-13-5-6-14(25-13)12-20(2)18(22)16-11-15(7-8-17(16)19)26(23,24)21-9-3-4-10-21/h5-8,11H,3-4,9-10,12H2,1-2H3. The molecule has 8 heteroatoms. The van der Waals surface area contributed by atoms with Gasteiger partial charge in [-0.1, -0.05) is 0 Å². The zero-order chi connectivity index (χ0) is 18.9. The third kappa shape index (κ3) is 3.87. The van der Waals surface area contributed by atoms with Crippen LogP contribution >= 0.6 is 15.9 Å². The number of sulfonamides is 1. The van der Waals surface area contributed by atoms with Gasteiger partial charge in [-0.15, -0.1) is 0 Å². The average molecular weight is 441 g/mol. The fourth-order valence-corrected chi connectivity index (χ4v) is 4.95. The van der Waals surface area contributed by atoms with Crippen molar-refractivity contribution in [2.24, 2.45) is 0 Å². The second-order valence-electron chi connectivity index (χ2n) is 6.43. The van der Waals surface area contributed by atoms with Crippen LogP contribution in [0.2, 0.25) is 0 Å². The van der Waals surface area contributed by atoms with Crippen molar-refractivity contribution in [3.63, 3.8) is 0 Å². The SMILES string of the molecule is Cc1ccc(CN(C)C(=O)c2cc(S(=O)(=O)N3CCCC3)ccc2Br)o1. The van der Waals surface area contributed by atoms with Crippen LogP contribution in [0.25, 0.3) is 0 Å². The molecule has 0 bridgehead atoms. The van der Waals surface area contributed by atoms with Gasteiger partial charge in [-0.2, -0.15) is 4.31 Å². The van der Waals surface area contributed by atoms with Crippen LogP contribution in [0.1, 0.15) is 34.7 Å². The fourth-order valence-electron chi connectivity index (χ4n) is 2.99. The minimum absolute atomic E-state index is 0.146. The number of rotatable bonds is 5. The van der Waals surface area contributed by atoms with Gasteiger partial charge in [0.15, 0.2) is 0 Å². The van der Waals surface area contributed by atoms with Crippen molar-refractivity contribution < 1.29 is 17.6 Å². The second-order valence-corrected chi connectivity index (χ2v) is 9.22. The Bertz CT molecular complexity index is 917. The number of furan rings is 1. The first-order valence-electron chi connectivity index (χ1n) is 8.39. The molecule has 0 radical (unpaired) electrons. The molecule has 0 N–H and O–H groups in total. The van der Waals surface area contributed by atoms with E-state index in [0.717, 1.165) is 18.6 Å². The highest BCUT2D eigenvalue weighted by molar-refractivity contribution is 9.10. The summed E-state index contributed by atoms with van der Waals surface area (Å²) >= 11 is 3.36. The van der Waals surface area contributed by atoms with Crippen LogP contribution < -0.4 is 0 Å². The summed E-state index contributed by atoms with van der Waals surface area (Å²) in [7, 11) is -1.91. The van der Waals surface area contributed by atoms with Crippen molar-refractivity contribution in [2.45, 2.75) is 31.2 Å². The Balaban J connectivity index is 1.86. The van der Waals surface area contributed by atoms with Gasteiger partial charge in [0.1, 0.15) is 11.5 Å². The fraction of sp³-hybridized carbons (Fsp3) is 0.389. The molecule has 0 aliphatic carbocycles. The smallest absolute Gasteiger partial charge is 0.255 e. The van der Waals surface area contributed by atoms with E-state index in [1.807, 2.05) is 19.1 Å². The molecular weight excluding hydrogens is 420 g/mol. The van der Waals surface area contributed by atoms with Crippen LogP contribution in [0.3, 0.4) is 0 Å². The van der Waals surface area contributed by atoms with E-state index in [-0.39, 0.29) is 10.8 Å². The van der Waals surface area contributed by atoms with E-state index in [9.17, 15) is 13.2 Å². The van der Waals surface area contributed by atoms with Gasteiger partial charge in [-0.25, -0.2) is 8.42 Å². The Morgan fingerprint density at radius 3 is 2.54 bits per heavy atom. The van der Waals surface area contributed by atoms with E-state index in [4.69, 9.17) is 4.42 Å². The van der Waals surface area contributed by atoms with Gasteiger partial charge in [0.05, 0.1) is 17.0 Å². The maximum Gasteiger partial charge on any atom is 0.255 e. The maximum absolute atomic E-state index is 12.8. The quantitative estimate of drug-likeness (QED) is 0.713. The van der Waals surface area contributed by atoms with E-state index in [1.165, 1.54) is 21.3 Å². The maximum atomic E-state index is 12.8. The van der Waals surface area contributed by atoms with E-state index >= 15 is 0 Å². The highest BCUT2D eigenvalue weighted by atomic mass is 79.9. The predicted molar refractivity (Wildman–Crippen MR) is 101 cm³/mol. The summed E-state index contributed by atoms with van der Waals surface area (Å²) in [6.07, 6.45) is 1.74. The van der Waals surface area contributed by atoms with Crippen LogP contribution in [0.4, 0.5) is 0 Å². The minimum Gasteiger partial charge on any atom is -0.464 e. The lowest BCUT2D eigenvalue weighted by atomic mass is 10.2. The summed E-state index contributed by atoms with van der Waals surface area (Å²) in [5, 5.41) is 0. The summed E-state index contributed by atoms with van der Waals surface area (Å²) in [6.45, 7) is 3.20. The minimum atomic E-state index is -3.57. The van der Waals surface area contributed by atoms with E-state index < -0.39 is 10.0 Å². The number of carbonyl (C=O) groups excluding carboxylic acids is 1. The molecular formula is C18H21BrN2O4S. The number of aryl methyl sites for hydroxylation is 1. The molecule has 0 saturated carbocycles. The van der Waals surface area contributed by atoms with Crippen molar-refractivity contribution in [3.8, 4) is 0 Å². The molecule has 0 spiro atoms. The molecule has 0 atom stereocenters. The Labute approximate surface area is 162 Å². The van der Waals surface area contributed by atoms with Crippen molar-refractivity contribution in [2.75, 3.05) is 20.1 Å². The average Bonchev–Trinajstić information content (AvgIpc) is 3.26. The summed E-state index contributed by atoms with van der Waals surface area (Å²) in [6, 6.07) is 8.25. The van der Waals surface area contributed by atoms with E-state index in [0.29, 0.717) is 35.4 Å². The first kappa shape index (κ1) is 19.1. The van der Waals surface area contributed by atoms with Gasteiger partial charge in [0, 0.05) is 24.6 Å². The van der Waals surface area contributed by atoms with Gasteiger partial charge in [-0.05, 0) is 66.0 Å². The second kappa shape index (κ2) is 7.54. The predicted octanol–water partition coefficient (Wildman–Crippen LogP) is 3.41. The van der Waals surface area contributed by atoms with Gasteiger partial charge in [0.2, 0.25) is 10.0 Å². The number of halogens is 1. The largest absolute Gasteiger partial charge is 0.464 e. The molecule has 1 aliphatic heterocycles. The van der Waals surface area contributed by atoms with Crippen LogP contribution in [-0.4, -0.2) is 43.7 Å². The molecule has 140 valence electrons. The molecule has 26 heavy (non-hydrogen) atoms. The molecule has 2 aromatic rings. The molecule has 0 unspecified atom stereocenters. The summed E-state index contributed by atoms with van der Waals surface area (Å²) < 4.78 is 33.1. The summed E-state index contributed by atoms with van der Waals surface area (Å²) in [5.41, 5.74) is 0.316. The lowest BCUT2D eigenvalue weighted by Crippen LogP contribution is -2.29. The zero-order valence-corrected chi connectivity index (χ0v) is 17.1. The number of carbonyl (C=O) groups is 1. The number of amides is 1. The van der Waals surface area contributed by atoms with Gasteiger partial charge in [-0.3, -0.25) is 4.79 Å². The molecule has 3 rings (SSSR count). The zero-order valence-electron chi connectivity index (χ0n) is 14.7. The number of nitrogens with zero attached hydrogens (tertiary/aromatic N) is 2. The van der Waals surface area contributed by atoms with Crippen molar-refractivity contribution in [1.29, 1.82) is 0 Å².